The lowest BCUT2D eigenvalue weighted by Crippen LogP contribution is -2.50. The molecule has 8 nitrogen and oxygen atoms in total. The third-order valence-electron chi connectivity index (χ3n) is 3.88. The molecule has 4 N–H and O–H groups in total. The molecule has 2 aromatic rings. The fourth-order valence-corrected chi connectivity index (χ4v) is 2.25. The van der Waals surface area contributed by atoms with Crippen molar-refractivity contribution in [1.29, 1.82) is 0 Å². The van der Waals surface area contributed by atoms with Crippen molar-refractivity contribution in [2.24, 2.45) is 11.7 Å². The maximum atomic E-state index is 13.0. The molecular formula is C18H21F3N6O2. The molecule has 0 fully saturated rings. The van der Waals surface area contributed by atoms with Crippen LogP contribution in [0.3, 0.4) is 0 Å². The van der Waals surface area contributed by atoms with Gasteiger partial charge < -0.3 is 5.73 Å². The second kappa shape index (κ2) is 8.86. The highest BCUT2D eigenvalue weighted by Gasteiger charge is 2.31. The van der Waals surface area contributed by atoms with Gasteiger partial charge in [0.05, 0.1) is 11.6 Å². The number of nitrogens with one attached hydrogen (secondary N) is 2. The van der Waals surface area contributed by atoms with E-state index in [2.05, 4.69) is 20.9 Å². The smallest absolute Gasteiger partial charge is 0.320 e. The minimum absolute atomic E-state index is 0.0699. The van der Waals surface area contributed by atoms with Crippen molar-refractivity contribution >= 4 is 18.0 Å². The predicted octanol–water partition coefficient (Wildman–Crippen LogP) is 1.87. The Labute approximate surface area is 165 Å². The molecule has 2 amide bonds. The number of benzene rings is 1. The predicted molar refractivity (Wildman–Crippen MR) is 99.6 cm³/mol. The molecule has 1 aromatic carbocycles. The van der Waals surface area contributed by atoms with Gasteiger partial charge >= 0.3 is 6.18 Å². The van der Waals surface area contributed by atoms with Gasteiger partial charge in [0.1, 0.15) is 6.33 Å². The molecular weight excluding hydrogens is 389 g/mol. The van der Waals surface area contributed by atoms with Gasteiger partial charge in [0, 0.05) is 17.8 Å². The van der Waals surface area contributed by atoms with Crippen LogP contribution in [0.5, 0.6) is 0 Å². The lowest BCUT2D eigenvalue weighted by molar-refractivity contribution is -0.137. The van der Waals surface area contributed by atoms with E-state index < -0.39 is 29.6 Å². The van der Waals surface area contributed by atoms with E-state index in [1.54, 1.807) is 20.8 Å². The van der Waals surface area contributed by atoms with E-state index >= 15 is 0 Å². The Morgan fingerprint density at radius 3 is 2.52 bits per heavy atom. The van der Waals surface area contributed by atoms with Crippen LogP contribution in [0.25, 0.3) is 17.6 Å². The molecule has 0 bridgehead atoms. The molecule has 2 rings (SSSR count). The molecule has 1 atom stereocenters. The first-order chi connectivity index (χ1) is 13.5. The summed E-state index contributed by atoms with van der Waals surface area (Å²) in [6.45, 7) is 5.07. The topological polar surface area (TPSA) is 115 Å². The maximum Gasteiger partial charge on any atom is 0.416 e. The van der Waals surface area contributed by atoms with E-state index in [4.69, 9.17) is 5.73 Å². The van der Waals surface area contributed by atoms with E-state index in [0.717, 1.165) is 22.9 Å². The lowest BCUT2D eigenvalue weighted by atomic mass is 10.1. The Morgan fingerprint density at radius 1 is 1.21 bits per heavy atom. The Kier molecular flexibility index (Phi) is 6.75. The molecule has 29 heavy (non-hydrogen) atoms. The first-order valence-corrected chi connectivity index (χ1v) is 8.61. The number of aromatic nitrogens is 3. The Bertz CT molecular complexity index is 921. The number of alkyl halides is 3. The number of rotatable bonds is 5. The number of halogens is 3. The van der Waals surface area contributed by atoms with Crippen molar-refractivity contribution in [3.8, 4) is 11.4 Å². The Morgan fingerprint density at radius 2 is 1.90 bits per heavy atom. The van der Waals surface area contributed by atoms with Gasteiger partial charge in [-0.05, 0) is 36.6 Å². The summed E-state index contributed by atoms with van der Waals surface area (Å²) in [7, 11) is 0. The molecule has 1 heterocycles. The number of aryl methyl sites for hydroxylation is 1. The quantitative estimate of drug-likeness (QED) is 0.514. The maximum absolute atomic E-state index is 13.0. The number of carbonyl (C=O) groups is 2. The van der Waals surface area contributed by atoms with E-state index in [0.29, 0.717) is 5.56 Å². The van der Waals surface area contributed by atoms with Crippen molar-refractivity contribution < 1.29 is 22.8 Å². The average Bonchev–Trinajstić information content (AvgIpc) is 3.11. The Hall–Kier alpha value is -3.21. The van der Waals surface area contributed by atoms with Crippen LogP contribution in [-0.4, -0.2) is 32.6 Å². The van der Waals surface area contributed by atoms with Crippen LogP contribution in [0, 0.1) is 12.8 Å². The summed E-state index contributed by atoms with van der Waals surface area (Å²) in [5.74, 6) is -1.22. The van der Waals surface area contributed by atoms with Gasteiger partial charge in [-0.1, -0.05) is 13.8 Å². The standard InChI is InChI=1S/C18H21F3N6O2/c1-10(2)15(22)17(29)25-24-14(28)4-5-27-9-23-16(26-27)12-6-11(3)7-13(8-12)18(19,20)21/h4-10,15H,22H2,1-3H3,(H,24,28)(H,25,29)/b5-4-/t15-/m1/s1. The van der Waals surface area contributed by atoms with Gasteiger partial charge in [-0.15, -0.1) is 5.10 Å². The highest BCUT2D eigenvalue weighted by molar-refractivity contribution is 5.92. The lowest BCUT2D eigenvalue weighted by Gasteiger charge is -2.14. The van der Waals surface area contributed by atoms with E-state index in [1.165, 1.54) is 18.6 Å². The van der Waals surface area contributed by atoms with Crippen LogP contribution < -0.4 is 16.6 Å². The van der Waals surface area contributed by atoms with Crippen LogP contribution in [0.15, 0.2) is 30.6 Å². The van der Waals surface area contributed by atoms with Crippen LogP contribution in [0.4, 0.5) is 13.2 Å². The summed E-state index contributed by atoms with van der Waals surface area (Å²) in [4.78, 5) is 27.4. The summed E-state index contributed by atoms with van der Waals surface area (Å²) in [5.41, 5.74) is 9.82. The summed E-state index contributed by atoms with van der Waals surface area (Å²) in [5, 5.41) is 4.03. The van der Waals surface area contributed by atoms with Crippen molar-refractivity contribution in [3.63, 3.8) is 0 Å². The molecule has 0 aliphatic rings. The summed E-state index contributed by atoms with van der Waals surface area (Å²) in [6, 6.07) is 2.74. The fourth-order valence-electron chi connectivity index (χ4n) is 2.25. The molecule has 0 unspecified atom stereocenters. The average molecular weight is 410 g/mol. The third-order valence-corrected chi connectivity index (χ3v) is 3.88. The van der Waals surface area contributed by atoms with Crippen molar-refractivity contribution in [1.82, 2.24) is 25.6 Å². The third kappa shape index (κ3) is 6.14. The second-order valence-corrected chi connectivity index (χ2v) is 6.70. The minimum atomic E-state index is -4.48. The SMILES string of the molecule is Cc1cc(-c2ncn(/C=C\C(=O)NNC(=O)[C@H](N)C(C)C)n2)cc(C(F)(F)F)c1. The van der Waals surface area contributed by atoms with Gasteiger partial charge in [0.25, 0.3) is 11.8 Å². The Balaban J connectivity index is 2.04. The number of hydrogen-bond acceptors (Lipinski definition) is 5. The zero-order chi connectivity index (χ0) is 21.8. The van der Waals surface area contributed by atoms with Gasteiger partial charge in [0.15, 0.2) is 5.82 Å². The highest BCUT2D eigenvalue weighted by Crippen LogP contribution is 2.32. The first kappa shape index (κ1) is 22.1. The van der Waals surface area contributed by atoms with Crippen LogP contribution >= 0.6 is 0 Å². The van der Waals surface area contributed by atoms with E-state index in [9.17, 15) is 22.8 Å². The van der Waals surface area contributed by atoms with Crippen molar-refractivity contribution in [2.45, 2.75) is 33.0 Å². The molecule has 0 saturated carbocycles. The first-order valence-electron chi connectivity index (χ1n) is 8.61. The normalized spacial score (nSPS) is 13.0. The van der Waals surface area contributed by atoms with Crippen molar-refractivity contribution in [3.05, 3.63) is 41.7 Å². The summed E-state index contributed by atoms with van der Waals surface area (Å²) >= 11 is 0. The second-order valence-electron chi connectivity index (χ2n) is 6.70. The van der Waals surface area contributed by atoms with Gasteiger partial charge in [-0.2, -0.15) is 13.2 Å². The van der Waals surface area contributed by atoms with Gasteiger partial charge in [-0.25, -0.2) is 9.67 Å². The number of carbonyl (C=O) groups excluding carboxylic acids is 2. The number of hydrazine groups is 1. The molecule has 156 valence electrons. The summed E-state index contributed by atoms with van der Waals surface area (Å²) in [6.07, 6.45) is -0.941. The van der Waals surface area contributed by atoms with Crippen molar-refractivity contribution in [2.75, 3.05) is 0 Å². The molecule has 1 aromatic heterocycles. The number of nitrogens with zero attached hydrogens (tertiary/aromatic N) is 3. The molecule has 0 spiro atoms. The monoisotopic (exact) mass is 410 g/mol. The largest absolute Gasteiger partial charge is 0.416 e. The zero-order valence-corrected chi connectivity index (χ0v) is 16.0. The minimum Gasteiger partial charge on any atom is -0.320 e. The zero-order valence-electron chi connectivity index (χ0n) is 16.0. The van der Waals surface area contributed by atoms with Crippen LogP contribution in [0.2, 0.25) is 0 Å². The number of hydrogen-bond donors (Lipinski definition) is 3. The molecule has 0 saturated heterocycles. The van der Waals surface area contributed by atoms with Gasteiger partial charge in [0.2, 0.25) is 0 Å². The highest BCUT2D eigenvalue weighted by atomic mass is 19.4. The van der Waals surface area contributed by atoms with E-state index in [1.807, 2.05) is 0 Å². The molecule has 11 heteroatoms. The van der Waals surface area contributed by atoms with Crippen LogP contribution in [0.1, 0.15) is 25.0 Å². The molecule has 0 aliphatic carbocycles. The number of nitrogens with two attached hydrogens (primary N) is 1. The van der Waals surface area contributed by atoms with Crippen LogP contribution in [-0.2, 0) is 15.8 Å². The number of amides is 2. The molecule has 0 aliphatic heterocycles. The van der Waals surface area contributed by atoms with Gasteiger partial charge in [-0.3, -0.25) is 20.4 Å². The van der Waals surface area contributed by atoms with E-state index in [-0.39, 0.29) is 17.3 Å². The molecule has 0 radical (unpaired) electrons. The summed E-state index contributed by atoms with van der Waals surface area (Å²) < 4.78 is 40.0. The fraction of sp³-hybridized carbons (Fsp3) is 0.333.